The molecule has 0 radical (unpaired) electrons. The number of hydrogen-bond acceptors (Lipinski definition) is 4. The minimum absolute atomic E-state index is 0.0764. The summed E-state index contributed by atoms with van der Waals surface area (Å²) in [4.78, 5) is 17.3. The van der Waals surface area contributed by atoms with Crippen LogP contribution in [0.25, 0.3) is 0 Å². The molecule has 2 heterocycles. The van der Waals surface area contributed by atoms with Crippen LogP contribution in [0.15, 0.2) is 24.3 Å². The number of carbonyl (C=O) groups is 1. The molecule has 0 aliphatic carbocycles. The molecule has 3 rings (SSSR count). The van der Waals surface area contributed by atoms with Crippen LogP contribution in [0.3, 0.4) is 0 Å². The largest absolute Gasteiger partial charge is 0.490 e. The number of hydrogen-bond donors (Lipinski definition) is 0. The fourth-order valence-corrected chi connectivity index (χ4v) is 4.48. The second-order valence-corrected chi connectivity index (χ2v) is 10.3. The zero-order chi connectivity index (χ0) is 21.6. The molecule has 5 nitrogen and oxygen atoms in total. The van der Waals surface area contributed by atoms with E-state index in [1.807, 2.05) is 36.2 Å². The van der Waals surface area contributed by atoms with Crippen LogP contribution >= 0.6 is 0 Å². The fourth-order valence-electron chi connectivity index (χ4n) is 4.48. The number of nitrogens with zero attached hydrogens (tertiary/aromatic N) is 2. The lowest BCUT2D eigenvalue weighted by molar-refractivity contribution is 0.0583. The van der Waals surface area contributed by atoms with Crippen molar-refractivity contribution in [1.29, 1.82) is 0 Å². The summed E-state index contributed by atoms with van der Waals surface area (Å²) in [5.41, 5.74) is 1.05. The fraction of sp³-hybridized carbons (Fsp3) is 0.720. The first kappa shape index (κ1) is 23.1. The Hall–Kier alpha value is -1.59. The van der Waals surface area contributed by atoms with Crippen molar-refractivity contribution in [3.63, 3.8) is 0 Å². The lowest BCUT2D eigenvalue weighted by atomic mass is 9.94. The van der Waals surface area contributed by atoms with Crippen LogP contribution in [0.5, 0.6) is 5.75 Å². The molecule has 0 atom stereocenters. The topological polar surface area (TPSA) is 42.0 Å². The number of ether oxygens (including phenoxy) is 2. The molecule has 168 valence electrons. The quantitative estimate of drug-likeness (QED) is 0.658. The van der Waals surface area contributed by atoms with Gasteiger partial charge < -0.3 is 19.3 Å². The number of piperidine rings is 1. The Kier molecular flexibility index (Phi) is 8.18. The van der Waals surface area contributed by atoms with E-state index in [2.05, 4.69) is 25.7 Å². The maximum absolute atomic E-state index is 12.9. The molecule has 0 unspecified atom stereocenters. The van der Waals surface area contributed by atoms with Gasteiger partial charge in [-0.25, -0.2) is 0 Å². The normalized spacial score (nSPS) is 19.6. The minimum atomic E-state index is 0.0764. The molecule has 0 bridgehead atoms. The van der Waals surface area contributed by atoms with Crippen LogP contribution in [0.2, 0.25) is 0 Å². The van der Waals surface area contributed by atoms with E-state index >= 15 is 0 Å². The van der Waals surface area contributed by atoms with Gasteiger partial charge in [-0.3, -0.25) is 4.79 Å². The summed E-state index contributed by atoms with van der Waals surface area (Å²) in [7, 11) is 1.90. The SMILES string of the molecule is CN(CCC1CCOCC1)C(=O)c1cccc(OC2CCN(CC(C)(C)C)CC2)c1. The summed E-state index contributed by atoms with van der Waals surface area (Å²) in [5, 5.41) is 0. The Morgan fingerprint density at radius 3 is 2.53 bits per heavy atom. The summed E-state index contributed by atoms with van der Waals surface area (Å²) < 4.78 is 11.7. The van der Waals surface area contributed by atoms with Crippen molar-refractivity contribution >= 4 is 5.91 Å². The van der Waals surface area contributed by atoms with Crippen molar-refractivity contribution in [3.05, 3.63) is 29.8 Å². The Morgan fingerprint density at radius 1 is 1.17 bits per heavy atom. The van der Waals surface area contributed by atoms with E-state index in [1.165, 1.54) is 0 Å². The molecule has 2 aliphatic heterocycles. The predicted molar refractivity (Wildman–Crippen MR) is 121 cm³/mol. The van der Waals surface area contributed by atoms with Crippen molar-refractivity contribution in [1.82, 2.24) is 9.80 Å². The van der Waals surface area contributed by atoms with Crippen molar-refractivity contribution in [2.75, 3.05) is 46.4 Å². The second-order valence-electron chi connectivity index (χ2n) is 10.3. The van der Waals surface area contributed by atoms with E-state index in [0.717, 1.165) is 77.2 Å². The lowest BCUT2D eigenvalue weighted by Gasteiger charge is -2.36. The van der Waals surface area contributed by atoms with E-state index in [9.17, 15) is 4.79 Å². The smallest absolute Gasteiger partial charge is 0.253 e. The van der Waals surface area contributed by atoms with Crippen LogP contribution in [0.4, 0.5) is 0 Å². The van der Waals surface area contributed by atoms with Crippen LogP contribution in [-0.2, 0) is 4.74 Å². The molecule has 2 aliphatic rings. The molecule has 1 amide bonds. The maximum Gasteiger partial charge on any atom is 0.253 e. The molecule has 0 N–H and O–H groups in total. The molecule has 1 aromatic carbocycles. The molecule has 2 fully saturated rings. The third kappa shape index (κ3) is 7.28. The van der Waals surface area contributed by atoms with Gasteiger partial charge >= 0.3 is 0 Å². The summed E-state index contributed by atoms with van der Waals surface area (Å²) in [6, 6.07) is 7.71. The zero-order valence-corrected chi connectivity index (χ0v) is 19.4. The first-order valence-corrected chi connectivity index (χ1v) is 11.6. The van der Waals surface area contributed by atoms with Gasteiger partial charge in [-0.2, -0.15) is 0 Å². The van der Waals surface area contributed by atoms with Gasteiger partial charge in [0.05, 0.1) is 0 Å². The van der Waals surface area contributed by atoms with Gasteiger partial charge in [0.1, 0.15) is 11.9 Å². The van der Waals surface area contributed by atoms with Gasteiger partial charge in [0.15, 0.2) is 0 Å². The highest BCUT2D eigenvalue weighted by atomic mass is 16.5. The maximum atomic E-state index is 12.9. The van der Waals surface area contributed by atoms with E-state index in [1.54, 1.807) is 0 Å². The molecule has 0 saturated carbocycles. The van der Waals surface area contributed by atoms with Crippen molar-refractivity contribution < 1.29 is 14.3 Å². The highest BCUT2D eigenvalue weighted by Crippen LogP contribution is 2.24. The average Bonchev–Trinajstić information content (AvgIpc) is 2.73. The Morgan fingerprint density at radius 2 is 1.87 bits per heavy atom. The molecular weight excluding hydrogens is 376 g/mol. The molecule has 0 aromatic heterocycles. The number of benzene rings is 1. The lowest BCUT2D eigenvalue weighted by Crippen LogP contribution is -2.42. The highest BCUT2D eigenvalue weighted by molar-refractivity contribution is 5.94. The molecule has 0 spiro atoms. The Balaban J connectivity index is 1.47. The van der Waals surface area contributed by atoms with E-state index in [-0.39, 0.29) is 12.0 Å². The van der Waals surface area contributed by atoms with Crippen LogP contribution in [0, 0.1) is 11.3 Å². The average molecular weight is 417 g/mol. The van der Waals surface area contributed by atoms with Gasteiger partial charge in [0, 0.05) is 52.0 Å². The third-order valence-electron chi connectivity index (χ3n) is 6.18. The van der Waals surface area contributed by atoms with Gasteiger partial charge in [0.25, 0.3) is 5.91 Å². The van der Waals surface area contributed by atoms with E-state index < -0.39 is 0 Å². The number of amides is 1. The van der Waals surface area contributed by atoms with Crippen molar-refractivity contribution in [3.8, 4) is 5.75 Å². The van der Waals surface area contributed by atoms with Crippen LogP contribution in [-0.4, -0.2) is 68.3 Å². The van der Waals surface area contributed by atoms with Crippen molar-refractivity contribution in [2.24, 2.45) is 11.3 Å². The Labute approximate surface area is 182 Å². The number of carbonyl (C=O) groups excluding carboxylic acids is 1. The van der Waals surface area contributed by atoms with E-state index in [0.29, 0.717) is 16.9 Å². The first-order valence-electron chi connectivity index (χ1n) is 11.6. The molecule has 1 aromatic rings. The Bertz CT molecular complexity index is 671. The molecule has 2 saturated heterocycles. The van der Waals surface area contributed by atoms with Crippen LogP contribution in [0.1, 0.15) is 63.2 Å². The highest BCUT2D eigenvalue weighted by Gasteiger charge is 2.24. The monoisotopic (exact) mass is 416 g/mol. The summed E-state index contributed by atoms with van der Waals surface area (Å²) in [6.45, 7) is 12.7. The van der Waals surface area contributed by atoms with Crippen LogP contribution < -0.4 is 4.74 Å². The van der Waals surface area contributed by atoms with Gasteiger partial charge in [0.2, 0.25) is 0 Å². The minimum Gasteiger partial charge on any atom is -0.490 e. The molecule has 30 heavy (non-hydrogen) atoms. The summed E-state index contributed by atoms with van der Waals surface area (Å²) in [6.07, 6.45) is 5.59. The van der Waals surface area contributed by atoms with Crippen molar-refractivity contribution in [2.45, 2.75) is 59.0 Å². The first-order chi connectivity index (χ1) is 14.3. The third-order valence-corrected chi connectivity index (χ3v) is 6.18. The standard InChI is InChI=1S/C25H40N2O3/c1-25(2,3)19-27-14-9-22(10-15-27)30-23-7-5-6-21(18-23)24(28)26(4)13-8-20-11-16-29-17-12-20/h5-7,18,20,22H,8-17,19H2,1-4H3. The number of likely N-dealkylation sites (tertiary alicyclic amines) is 1. The predicted octanol–water partition coefficient (Wildman–Crippen LogP) is 4.46. The molecular formula is C25H40N2O3. The van der Waals surface area contributed by atoms with Gasteiger partial charge in [-0.1, -0.05) is 26.8 Å². The zero-order valence-electron chi connectivity index (χ0n) is 19.4. The van der Waals surface area contributed by atoms with E-state index in [4.69, 9.17) is 9.47 Å². The van der Waals surface area contributed by atoms with Gasteiger partial charge in [-0.15, -0.1) is 0 Å². The molecule has 5 heteroatoms. The summed E-state index contributed by atoms with van der Waals surface area (Å²) >= 11 is 0. The van der Waals surface area contributed by atoms with Gasteiger partial charge in [-0.05, 0) is 61.6 Å². The summed E-state index contributed by atoms with van der Waals surface area (Å²) in [5.74, 6) is 1.56. The number of rotatable bonds is 7. The second kappa shape index (κ2) is 10.6.